The van der Waals surface area contributed by atoms with Gasteiger partial charge in [-0.2, -0.15) is 31.4 Å². The Labute approximate surface area is 160 Å². The molecule has 2 fully saturated rings. The summed E-state index contributed by atoms with van der Waals surface area (Å²) in [4.78, 5) is 24.8. The van der Waals surface area contributed by atoms with E-state index in [4.69, 9.17) is 5.11 Å². The number of aromatic nitrogens is 2. The van der Waals surface area contributed by atoms with Crippen LogP contribution in [0.2, 0.25) is 0 Å². The van der Waals surface area contributed by atoms with Gasteiger partial charge in [0.05, 0.1) is 5.41 Å². The molecule has 0 radical (unpaired) electrons. The Balaban J connectivity index is 2.00. The number of anilines is 1. The second kappa shape index (κ2) is 6.73. The minimum absolute atomic E-state index is 0.252. The van der Waals surface area contributed by atoms with E-state index in [1.807, 2.05) is 5.32 Å². The lowest BCUT2D eigenvalue weighted by Gasteiger charge is -2.38. The number of hydrogen-bond acceptors (Lipinski definition) is 4. The third-order valence-corrected chi connectivity index (χ3v) is 5.80. The molecule has 1 aliphatic heterocycles. The number of halogens is 6. The summed E-state index contributed by atoms with van der Waals surface area (Å²) in [7, 11) is 0. The normalized spacial score (nSPS) is 23.9. The quantitative estimate of drug-likeness (QED) is 0.724. The van der Waals surface area contributed by atoms with Crippen molar-refractivity contribution in [2.24, 2.45) is 16.7 Å². The second-order valence-corrected chi connectivity index (χ2v) is 7.28. The van der Waals surface area contributed by atoms with E-state index in [9.17, 15) is 35.9 Å². The number of carbonyl (C=O) groups is 2. The van der Waals surface area contributed by atoms with Gasteiger partial charge in [0, 0.05) is 19.3 Å². The monoisotopic (exact) mass is 426 g/mol. The summed E-state index contributed by atoms with van der Waals surface area (Å²) < 4.78 is 81.4. The van der Waals surface area contributed by atoms with Crippen LogP contribution in [0.15, 0.2) is 18.3 Å². The molecule has 0 bridgehead atoms. The van der Waals surface area contributed by atoms with Crippen LogP contribution in [-0.2, 0) is 4.79 Å². The molecule has 2 aliphatic rings. The van der Waals surface area contributed by atoms with Crippen LogP contribution in [-0.4, -0.2) is 57.6 Å². The van der Waals surface area contributed by atoms with E-state index in [2.05, 4.69) is 10.2 Å². The molecular formula is C16H16F6N4O3. The molecule has 1 spiro atoms. The van der Waals surface area contributed by atoms with E-state index in [1.54, 1.807) is 0 Å². The SMILES string of the molecule is O=C(O)N1CCC2(CC1)C[C@]2(C(=O)Nc1cccnn1)C(C(F)(F)F)C(F)(F)F. The molecule has 2 N–H and O–H groups in total. The lowest BCUT2D eigenvalue weighted by molar-refractivity contribution is -0.304. The number of carboxylic acid groups (broad SMARTS) is 1. The van der Waals surface area contributed by atoms with Crippen LogP contribution in [0.25, 0.3) is 0 Å². The molecular weight excluding hydrogens is 410 g/mol. The van der Waals surface area contributed by atoms with Crippen molar-refractivity contribution in [3.05, 3.63) is 18.3 Å². The van der Waals surface area contributed by atoms with E-state index in [1.165, 1.54) is 18.3 Å². The van der Waals surface area contributed by atoms with Crippen molar-refractivity contribution in [1.82, 2.24) is 15.1 Å². The highest BCUT2D eigenvalue weighted by Crippen LogP contribution is 2.76. The summed E-state index contributed by atoms with van der Waals surface area (Å²) in [6, 6.07) is 2.51. The first-order chi connectivity index (χ1) is 13.3. The summed E-state index contributed by atoms with van der Waals surface area (Å²) in [5.41, 5.74) is -4.41. The van der Waals surface area contributed by atoms with Crippen molar-refractivity contribution in [1.29, 1.82) is 0 Å². The lowest BCUT2D eigenvalue weighted by Crippen LogP contribution is -2.52. The molecule has 3 rings (SSSR count). The topological polar surface area (TPSA) is 95.4 Å². The Bertz CT molecular complexity index is 778. The molecule has 13 heteroatoms. The van der Waals surface area contributed by atoms with Gasteiger partial charge in [-0.05, 0) is 36.8 Å². The second-order valence-electron chi connectivity index (χ2n) is 7.28. The van der Waals surface area contributed by atoms with Crippen molar-refractivity contribution in [2.75, 3.05) is 18.4 Å². The molecule has 0 aromatic carbocycles. The predicted octanol–water partition coefficient (Wildman–Crippen LogP) is 3.31. The van der Waals surface area contributed by atoms with Crippen LogP contribution in [0.5, 0.6) is 0 Å². The van der Waals surface area contributed by atoms with Gasteiger partial charge in [0.25, 0.3) is 0 Å². The van der Waals surface area contributed by atoms with Crippen LogP contribution in [0.1, 0.15) is 19.3 Å². The van der Waals surface area contributed by atoms with E-state index in [0.29, 0.717) is 0 Å². The number of carbonyl (C=O) groups excluding carboxylic acids is 1. The fourth-order valence-electron chi connectivity index (χ4n) is 4.44. The predicted molar refractivity (Wildman–Crippen MR) is 84.6 cm³/mol. The molecule has 7 nitrogen and oxygen atoms in total. The van der Waals surface area contributed by atoms with Gasteiger partial charge in [-0.1, -0.05) is 0 Å². The van der Waals surface area contributed by atoms with Crippen molar-refractivity contribution >= 4 is 17.8 Å². The highest BCUT2D eigenvalue weighted by molar-refractivity contribution is 5.98. The summed E-state index contributed by atoms with van der Waals surface area (Å²) in [5, 5.41) is 18.0. The smallest absolute Gasteiger partial charge is 0.407 e. The van der Waals surface area contributed by atoms with E-state index < -0.39 is 47.5 Å². The zero-order valence-electron chi connectivity index (χ0n) is 14.7. The molecule has 1 aliphatic carbocycles. The first-order valence-electron chi connectivity index (χ1n) is 8.54. The number of rotatable bonds is 3. The zero-order valence-corrected chi connectivity index (χ0v) is 14.7. The lowest BCUT2D eigenvalue weighted by atomic mass is 9.75. The van der Waals surface area contributed by atoms with Gasteiger partial charge >= 0.3 is 18.4 Å². The van der Waals surface area contributed by atoms with Gasteiger partial charge in [0.1, 0.15) is 0 Å². The minimum atomic E-state index is -5.72. The molecule has 29 heavy (non-hydrogen) atoms. The Hall–Kier alpha value is -2.60. The van der Waals surface area contributed by atoms with E-state index in [0.717, 1.165) is 4.90 Å². The fourth-order valence-corrected chi connectivity index (χ4v) is 4.44. The third kappa shape index (κ3) is 3.57. The largest absolute Gasteiger partial charge is 0.465 e. The van der Waals surface area contributed by atoms with Crippen LogP contribution in [0.4, 0.5) is 37.0 Å². The average Bonchev–Trinajstić information content (AvgIpc) is 3.21. The molecule has 1 aromatic rings. The number of nitrogens with zero attached hydrogens (tertiary/aromatic N) is 3. The van der Waals surface area contributed by atoms with Crippen molar-refractivity contribution in [3.63, 3.8) is 0 Å². The maximum absolute atomic E-state index is 13.6. The average molecular weight is 426 g/mol. The molecule has 2 heterocycles. The molecule has 0 unspecified atom stereocenters. The van der Waals surface area contributed by atoms with Gasteiger partial charge in [-0.25, -0.2) is 4.79 Å². The van der Waals surface area contributed by atoms with Crippen molar-refractivity contribution in [2.45, 2.75) is 31.6 Å². The molecule has 1 saturated heterocycles. The highest BCUT2D eigenvalue weighted by atomic mass is 19.4. The summed E-state index contributed by atoms with van der Waals surface area (Å²) in [6.07, 6.45) is -12.7. The molecule has 1 atom stereocenters. The van der Waals surface area contributed by atoms with Crippen LogP contribution >= 0.6 is 0 Å². The third-order valence-electron chi connectivity index (χ3n) is 5.80. The number of likely N-dealkylation sites (tertiary alicyclic amines) is 1. The van der Waals surface area contributed by atoms with Gasteiger partial charge in [-0.3, -0.25) is 4.79 Å². The van der Waals surface area contributed by atoms with Gasteiger partial charge in [0.15, 0.2) is 11.7 Å². The van der Waals surface area contributed by atoms with Crippen molar-refractivity contribution in [3.8, 4) is 0 Å². The standard InChI is InChI=1S/C16H16F6N4O3/c17-15(18,19)10(16(20,21)22)14(11(27)24-9-2-1-5-23-25-9)8-13(14)3-6-26(7-4-13)12(28)29/h1-2,5,10H,3-4,6-8H2,(H,28,29)(H,24,25,27)/t14-/m1/s1. The minimum Gasteiger partial charge on any atom is -0.465 e. The molecule has 2 amide bonds. The van der Waals surface area contributed by atoms with Gasteiger partial charge in [0.2, 0.25) is 5.91 Å². The zero-order chi connectivity index (χ0) is 21.7. The number of piperidine rings is 1. The number of amides is 2. The molecule has 160 valence electrons. The maximum Gasteiger partial charge on any atom is 0.407 e. The number of alkyl halides is 6. The van der Waals surface area contributed by atoms with E-state index >= 15 is 0 Å². The van der Waals surface area contributed by atoms with Gasteiger partial charge in [-0.15, -0.1) is 5.10 Å². The van der Waals surface area contributed by atoms with E-state index in [-0.39, 0.29) is 31.7 Å². The first-order valence-corrected chi connectivity index (χ1v) is 8.54. The number of nitrogens with one attached hydrogen (secondary N) is 1. The maximum atomic E-state index is 13.6. The first kappa shape index (κ1) is 21.1. The van der Waals surface area contributed by atoms with Crippen LogP contribution < -0.4 is 5.32 Å². The number of hydrogen-bond donors (Lipinski definition) is 2. The summed E-state index contributed by atoms with van der Waals surface area (Å²) in [6.45, 7) is -0.504. The Kier molecular flexibility index (Phi) is 4.90. The highest BCUT2D eigenvalue weighted by Gasteiger charge is 2.84. The molecule has 1 aromatic heterocycles. The Morgan fingerprint density at radius 1 is 1.14 bits per heavy atom. The summed E-state index contributed by atoms with van der Waals surface area (Å²) >= 11 is 0. The Morgan fingerprint density at radius 2 is 1.72 bits per heavy atom. The van der Waals surface area contributed by atoms with Crippen molar-refractivity contribution < 1.29 is 41.0 Å². The van der Waals surface area contributed by atoms with Crippen LogP contribution in [0.3, 0.4) is 0 Å². The molecule has 1 saturated carbocycles. The fraction of sp³-hybridized carbons (Fsp3) is 0.625. The Morgan fingerprint density at radius 3 is 2.17 bits per heavy atom. The van der Waals surface area contributed by atoms with Gasteiger partial charge < -0.3 is 15.3 Å². The van der Waals surface area contributed by atoms with Crippen LogP contribution in [0, 0.1) is 16.7 Å². The summed E-state index contributed by atoms with van der Waals surface area (Å²) in [5.74, 6) is -5.60.